The van der Waals surface area contributed by atoms with Crippen molar-refractivity contribution in [2.75, 3.05) is 12.3 Å². The van der Waals surface area contributed by atoms with Gasteiger partial charge in [-0.05, 0) is 28.5 Å². The predicted molar refractivity (Wildman–Crippen MR) is 87.1 cm³/mol. The summed E-state index contributed by atoms with van der Waals surface area (Å²) in [5, 5.41) is 7.51. The Balaban J connectivity index is 1.70. The van der Waals surface area contributed by atoms with Gasteiger partial charge in [-0.1, -0.05) is 23.2 Å². The molecule has 1 N–H and O–H groups in total. The molecule has 0 saturated heterocycles. The van der Waals surface area contributed by atoms with E-state index in [1.807, 2.05) is 0 Å². The number of thiophene rings is 1. The number of nitrogens with one attached hydrogen (secondary N) is 1. The lowest BCUT2D eigenvalue weighted by molar-refractivity contribution is 0.0956. The maximum Gasteiger partial charge on any atom is 0.252 e. The minimum Gasteiger partial charge on any atom is -0.351 e. The lowest BCUT2D eigenvalue weighted by Gasteiger charge is -2.05. The number of carbonyl (C=O) groups is 1. The molecule has 0 bridgehead atoms. The molecule has 0 aliphatic rings. The van der Waals surface area contributed by atoms with E-state index in [4.69, 9.17) is 23.2 Å². The molecule has 0 aliphatic heterocycles. The van der Waals surface area contributed by atoms with Crippen molar-refractivity contribution in [1.82, 2.24) is 10.3 Å². The first kappa shape index (κ1) is 15.6. The molecule has 106 valence electrons. The molecule has 20 heavy (non-hydrogen) atoms. The largest absolute Gasteiger partial charge is 0.351 e. The summed E-state index contributed by atoms with van der Waals surface area (Å²) in [6, 6.07) is 3.63. The summed E-state index contributed by atoms with van der Waals surface area (Å²) < 4.78 is 0. The fourth-order valence-electron chi connectivity index (χ4n) is 1.45. The van der Waals surface area contributed by atoms with Crippen molar-refractivity contribution in [3.63, 3.8) is 0 Å². The third kappa shape index (κ3) is 4.66. The summed E-state index contributed by atoms with van der Waals surface area (Å²) in [4.78, 5) is 15.7. The van der Waals surface area contributed by atoms with Crippen LogP contribution >= 0.6 is 46.3 Å². The van der Waals surface area contributed by atoms with Crippen molar-refractivity contribution in [1.29, 1.82) is 0 Å². The highest BCUT2D eigenvalue weighted by atomic mass is 35.5. The monoisotopic (exact) mass is 346 g/mol. The van der Waals surface area contributed by atoms with E-state index in [0.29, 0.717) is 12.1 Å². The molecule has 0 saturated carbocycles. The molecule has 0 spiro atoms. The second-order valence-corrected chi connectivity index (χ2v) is 6.59. The Bertz CT molecular complexity index is 576. The van der Waals surface area contributed by atoms with Crippen LogP contribution in [0.2, 0.25) is 10.2 Å². The molecular weight excluding hydrogens is 335 g/mol. The number of pyridine rings is 1. The Hall–Kier alpha value is -0.750. The molecule has 0 aliphatic carbocycles. The molecule has 2 aromatic rings. The second kappa shape index (κ2) is 7.88. The molecule has 0 atom stereocenters. The quantitative estimate of drug-likeness (QED) is 0.632. The van der Waals surface area contributed by atoms with Gasteiger partial charge in [0, 0.05) is 24.2 Å². The first-order chi connectivity index (χ1) is 9.66. The Labute approximate surface area is 135 Å². The number of carbonyl (C=O) groups excluding carboxylic acids is 1. The van der Waals surface area contributed by atoms with Crippen LogP contribution in [-0.2, 0) is 5.75 Å². The third-order valence-corrected chi connectivity index (χ3v) is 4.89. The van der Waals surface area contributed by atoms with Crippen LogP contribution in [0.25, 0.3) is 0 Å². The molecular formula is C13H12Cl2N2OS2. The second-order valence-electron chi connectivity index (χ2n) is 3.94. The van der Waals surface area contributed by atoms with Gasteiger partial charge in [0.15, 0.2) is 0 Å². The SMILES string of the molecule is O=C(NCCSCc1ccsc1)c1cnc(Cl)c(Cl)c1. The zero-order valence-electron chi connectivity index (χ0n) is 10.4. The molecule has 0 aromatic carbocycles. The highest BCUT2D eigenvalue weighted by Crippen LogP contribution is 2.19. The first-order valence-electron chi connectivity index (χ1n) is 5.85. The molecule has 0 radical (unpaired) electrons. The average molecular weight is 347 g/mol. The van der Waals surface area contributed by atoms with Gasteiger partial charge in [-0.25, -0.2) is 4.98 Å². The van der Waals surface area contributed by atoms with Crippen LogP contribution in [0.5, 0.6) is 0 Å². The van der Waals surface area contributed by atoms with E-state index in [1.165, 1.54) is 17.8 Å². The Morgan fingerprint density at radius 3 is 3.00 bits per heavy atom. The lowest BCUT2D eigenvalue weighted by Crippen LogP contribution is -2.25. The van der Waals surface area contributed by atoms with Crippen molar-refractivity contribution < 1.29 is 4.79 Å². The van der Waals surface area contributed by atoms with Crippen LogP contribution in [0, 0.1) is 0 Å². The van der Waals surface area contributed by atoms with E-state index in [2.05, 4.69) is 27.1 Å². The standard InChI is InChI=1S/C13H12Cl2N2OS2/c14-11-5-10(6-17-12(11)15)13(18)16-2-4-20-8-9-1-3-19-7-9/h1,3,5-7H,2,4,8H2,(H,16,18). The Kier molecular flexibility index (Phi) is 6.16. The molecule has 2 rings (SSSR count). The van der Waals surface area contributed by atoms with Gasteiger partial charge in [0.2, 0.25) is 0 Å². The number of hydrogen-bond acceptors (Lipinski definition) is 4. The zero-order chi connectivity index (χ0) is 14.4. The highest BCUT2D eigenvalue weighted by molar-refractivity contribution is 7.98. The number of rotatable bonds is 6. The van der Waals surface area contributed by atoms with Gasteiger partial charge >= 0.3 is 0 Å². The van der Waals surface area contributed by atoms with Gasteiger partial charge in [-0.2, -0.15) is 23.1 Å². The van der Waals surface area contributed by atoms with Crippen LogP contribution in [-0.4, -0.2) is 23.2 Å². The number of amides is 1. The average Bonchev–Trinajstić information content (AvgIpc) is 2.94. The maximum atomic E-state index is 11.8. The number of nitrogens with zero attached hydrogens (tertiary/aromatic N) is 1. The van der Waals surface area contributed by atoms with Crippen molar-refractivity contribution in [2.24, 2.45) is 0 Å². The normalized spacial score (nSPS) is 10.5. The summed E-state index contributed by atoms with van der Waals surface area (Å²) in [6.45, 7) is 0.605. The molecule has 7 heteroatoms. The van der Waals surface area contributed by atoms with Gasteiger partial charge in [0.1, 0.15) is 5.15 Å². The van der Waals surface area contributed by atoms with Gasteiger partial charge in [-0.3, -0.25) is 4.79 Å². The van der Waals surface area contributed by atoms with Gasteiger partial charge < -0.3 is 5.32 Å². The van der Waals surface area contributed by atoms with Crippen LogP contribution in [0.3, 0.4) is 0 Å². The predicted octanol–water partition coefficient (Wildman–Crippen LogP) is 4.11. The number of thioether (sulfide) groups is 1. The van der Waals surface area contributed by atoms with Crippen LogP contribution in [0.4, 0.5) is 0 Å². The van der Waals surface area contributed by atoms with E-state index in [0.717, 1.165) is 11.5 Å². The van der Waals surface area contributed by atoms with Crippen molar-refractivity contribution >= 4 is 52.2 Å². The maximum absolute atomic E-state index is 11.8. The smallest absolute Gasteiger partial charge is 0.252 e. The summed E-state index contributed by atoms with van der Waals surface area (Å²) in [5.41, 5.74) is 1.74. The van der Waals surface area contributed by atoms with Crippen molar-refractivity contribution in [3.05, 3.63) is 50.4 Å². The number of halogens is 2. The fraction of sp³-hybridized carbons (Fsp3) is 0.231. The van der Waals surface area contributed by atoms with Crippen LogP contribution in [0.1, 0.15) is 15.9 Å². The van der Waals surface area contributed by atoms with E-state index >= 15 is 0 Å². The van der Waals surface area contributed by atoms with Crippen molar-refractivity contribution in [2.45, 2.75) is 5.75 Å². The van der Waals surface area contributed by atoms with E-state index < -0.39 is 0 Å². The Morgan fingerprint density at radius 2 is 2.30 bits per heavy atom. The molecule has 2 aromatic heterocycles. The summed E-state index contributed by atoms with van der Waals surface area (Å²) >= 11 is 15.0. The van der Waals surface area contributed by atoms with Gasteiger partial charge in [-0.15, -0.1) is 0 Å². The third-order valence-electron chi connectivity index (χ3n) is 2.44. The minimum atomic E-state index is -0.188. The Morgan fingerprint density at radius 1 is 1.45 bits per heavy atom. The van der Waals surface area contributed by atoms with Gasteiger partial charge in [0.25, 0.3) is 5.91 Å². The highest BCUT2D eigenvalue weighted by Gasteiger charge is 2.08. The molecule has 0 fully saturated rings. The lowest BCUT2D eigenvalue weighted by atomic mass is 10.3. The van der Waals surface area contributed by atoms with Crippen molar-refractivity contribution in [3.8, 4) is 0 Å². The summed E-state index contributed by atoms with van der Waals surface area (Å²) in [5.74, 6) is 1.64. The summed E-state index contributed by atoms with van der Waals surface area (Å²) in [7, 11) is 0. The summed E-state index contributed by atoms with van der Waals surface area (Å²) in [6.07, 6.45) is 1.42. The fourth-order valence-corrected chi connectivity index (χ4v) is 3.30. The minimum absolute atomic E-state index is 0.188. The van der Waals surface area contributed by atoms with E-state index in [9.17, 15) is 4.79 Å². The molecule has 0 unspecified atom stereocenters. The van der Waals surface area contributed by atoms with Crippen LogP contribution < -0.4 is 5.32 Å². The number of hydrogen-bond donors (Lipinski definition) is 1. The molecule has 3 nitrogen and oxygen atoms in total. The molecule has 1 amide bonds. The first-order valence-corrected chi connectivity index (χ1v) is 8.70. The van der Waals surface area contributed by atoms with E-state index in [-0.39, 0.29) is 16.1 Å². The topological polar surface area (TPSA) is 42.0 Å². The molecule has 2 heterocycles. The number of aromatic nitrogens is 1. The van der Waals surface area contributed by atoms with Gasteiger partial charge in [0.05, 0.1) is 10.6 Å². The van der Waals surface area contributed by atoms with E-state index in [1.54, 1.807) is 23.1 Å². The zero-order valence-corrected chi connectivity index (χ0v) is 13.6. The van der Waals surface area contributed by atoms with Crippen LogP contribution in [0.15, 0.2) is 29.1 Å².